The first-order valence-electron chi connectivity index (χ1n) is 7.96. The van der Waals surface area contributed by atoms with Gasteiger partial charge in [0.25, 0.3) is 5.91 Å². The number of imide groups is 1. The Morgan fingerprint density at radius 2 is 1.96 bits per heavy atom. The fourth-order valence-electron chi connectivity index (χ4n) is 2.72. The Morgan fingerprint density at radius 3 is 2.48 bits per heavy atom. The van der Waals surface area contributed by atoms with Gasteiger partial charge in [-0.3, -0.25) is 14.5 Å². The minimum Gasteiger partial charge on any atom is -0.493 e. The highest BCUT2D eigenvalue weighted by molar-refractivity contribution is 6.04. The van der Waals surface area contributed by atoms with Crippen LogP contribution in [0.4, 0.5) is 4.79 Å². The lowest BCUT2D eigenvalue weighted by atomic mass is 10.1. The molecule has 0 unspecified atom stereocenters. The lowest BCUT2D eigenvalue weighted by Crippen LogP contribution is -2.43. The van der Waals surface area contributed by atoms with Crippen molar-refractivity contribution in [3.63, 3.8) is 0 Å². The van der Waals surface area contributed by atoms with Gasteiger partial charge in [-0.25, -0.2) is 4.79 Å². The Hall–Kier alpha value is -2.77. The third-order valence-corrected chi connectivity index (χ3v) is 4.10. The molecule has 1 aliphatic heterocycles. The molecule has 0 atom stereocenters. The Balaban J connectivity index is 2.14. The molecule has 8 nitrogen and oxygen atoms in total. The quantitative estimate of drug-likeness (QED) is 0.685. The summed E-state index contributed by atoms with van der Waals surface area (Å²) >= 11 is 0. The lowest BCUT2D eigenvalue weighted by Gasteiger charge is -2.24. The van der Waals surface area contributed by atoms with Gasteiger partial charge in [0.2, 0.25) is 5.91 Å². The van der Waals surface area contributed by atoms with Gasteiger partial charge in [0.05, 0.1) is 14.2 Å². The average molecular weight is 349 g/mol. The Morgan fingerprint density at radius 1 is 1.24 bits per heavy atom. The van der Waals surface area contributed by atoms with Crippen LogP contribution < -0.4 is 9.47 Å². The van der Waals surface area contributed by atoms with Gasteiger partial charge in [0.1, 0.15) is 13.1 Å². The highest BCUT2D eigenvalue weighted by atomic mass is 16.5. The molecule has 0 N–H and O–H groups in total. The molecule has 1 aliphatic rings. The van der Waals surface area contributed by atoms with Gasteiger partial charge in [0, 0.05) is 25.7 Å². The van der Waals surface area contributed by atoms with E-state index in [1.165, 1.54) is 19.1 Å². The number of ether oxygens (including phenoxy) is 2. The number of nitrogens with zero attached hydrogens (tertiary/aromatic N) is 3. The zero-order valence-corrected chi connectivity index (χ0v) is 14.9. The summed E-state index contributed by atoms with van der Waals surface area (Å²) in [5.41, 5.74) is 0.785. The highest BCUT2D eigenvalue weighted by Crippen LogP contribution is 2.31. The number of methoxy groups -OCH3 is 2. The van der Waals surface area contributed by atoms with E-state index >= 15 is 0 Å². The zero-order chi connectivity index (χ0) is 18.6. The first-order chi connectivity index (χ1) is 11.9. The second-order valence-corrected chi connectivity index (χ2v) is 5.68. The van der Waals surface area contributed by atoms with Crippen LogP contribution in [0.3, 0.4) is 0 Å². The largest absolute Gasteiger partial charge is 0.493 e. The molecular weight excluding hydrogens is 326 g/mol. The number of carbonyl (C=O) groups is 3. The van der Waals surface area contributed by atoms with Crippen LogP contribution in [0.2, 0.25) is 0 Å². The predicted octanol–water partition coefficient (Wildman–Crippen LogP) is 0.946. The van der Waals surface area contributed by atoms with Gasteiger partial charge in [0.15, 0.2) is 11.5 Å². The fourth-order valence-corrected chi connectivity index (χ4v) is 2.72. The van der Waals surface area contributed by atoms with E-state index in [0.717, 1.165) is 10.5 Å². The molecule has 1 aromatic carbocycles. The molecule has 1 aromatic rings. The van der Waals surface area contributed by atoms with Crippen molar-refractivity contribution in [2.75, 3.05) is 40.9 Å². The molecule has 0 aliphatic carbocycles. The maximum absolute atomic E-state index is 12.6. The van der Waals surface area contributed by atoms with Crippen molar-refractivity contribution in [3.05, 3.63) is 23.8 Å². The first-order valence-corrected chi connectivity index (χ1v) is 7.96. The van der Waals surface area contributed by atoms with Crippen molar-refractivity contribution >= 4 is 17.8 Å². The summed E-state index contributed by atoms with van der Waals surface area (Å²) in [6.45, 7) is 2.31. The molecule has 1 heterocycles. The van der Waals surface area contributed by atoms with Gasteiger partial charge in [-0.05, 0) is 13.0 Å². The normalized spacial score (nSPS) is 14.1. The Labute approximate surface area is 146 Å². The fraction of sp³-hybridized carbons (Fsp3) is 0.471. The summed E-state index contributed by atoms with van der Waals surface area (Å²) in [6, 6.07) is 4.99. The molecular formula is C17H23N3O5. The molecule has 8 heteroatoms. The summed E-state index contributed by atoms with van der Waals surface area (Å²) in [4.78, 5) is 40.2. The highest BCUT2D eigenvalue weighted by Gasteiger charge is 2.35. The van der Waals surface area contributed by atoms with Crippen LogP contribution in [0.25, 0.3) is 0 Å². The molecule has 0 saturated carbocycles. The second kappa shape index (κ2) is 7.87. The molecule has 2 rings (SSSR count). The van der Waals surface area contributed by atoms with Crippen molar-refractivity contribution in [2.24, 2.45) is 0 Å². The summed E-state index contributed by atoms with van der Waals surface area (Å²) in [6.07, 6.45) is 0. The van der Waals surface area contributed by atoms with Crippen LogP contribution in [0.5, 0.6) is 11.5 Å². The monoisotopic (exact) mass is 349 g/mol. The number of likely N-dealkylation sites (N-methyl/N-ethyl adjacent to an activating group) is 2. The molecule has 0 spiro atoms. The number of amides is 4. The molecule has 4 amide bonds. The van der Waals surface area contributed by atoms with Gasteiger partial charge >= 0.3 is 6.03 Å². The number of hydrogen-bond acceptors (Lipinski definition) is 5. The van der Waals surface area contributed by atoms with Crippen molar-refractivity contribution in [2.45, 2.75) is 13.5 Å². The van der Waals surface area contributed by atoms with Crippen molar-refractivity contribution in [1.82, 2.24) is 14.7 Å². The van der Waals surface area contributed by atoms with Crippen molar-refractivity contribution in [1.29, 1.82) is 0 Å². The number of benzene rings is 1. The first kappa shape index (κ1) is 18.6. The summed E-state index contributed by atoms with van der Waals surface area (Å²) < 4.78 is 10.7. The molecule has 0 aromatic heterocycles. The number of urea groups is 1. The van der Waals surface area contributed by atoms with E-state index in [9.17, 15) is 14.4 Å². The molecule has 0 radical (unpaired) electrons. The third-order valence-electron chi connectivity index (χ3n) is 4.10. The Bertz CT molecular complexity index is 676. The van der Waals surface area contributed by atoms with E-state index in [2.05, 4.69) is 0 Å². The second-order valence-electron chi connectivity index (χ2n) is 5.68. The average Bonchev–Trinajstić information content (AvgIpc) is 2.85. The summed E-state index contributed by atoms with van der Waals surface area (Å²) in [5, 5.41) is 0. The van der Waals surface area contributed by atoms with E-state index in [1.54, 1.807) is 18.1 Å². The number of rotatable bonds is 7. The number of carbonyl (C=O) groups excluding carboxylic acids is 3. The van der Waals surface area contributed by atoms with E-state index in [1.807, 2.05) is 19.1 Å². The van der Waals surface area contributed by atoms with Gasteiger partial charge in [-0.1, -0.05) is 12.1 Å². The van der Waals surface area contributed by atoms with Gasteiger partial charge in [-0.2, -0.15) is 0 Å². The topological polar surface area (TPSA) is 79.4 Å². The molecule has 1 saturated heterocycles. The van der Waals surface area contributed by atoms with E-state index < -0.39 is 6.03 Å². The van der Waals surface area contributed by atoms with Crippen LogP contribution in [-0.4, -0.2) is 73.4 Å². The summed E-state index contributed by atoms with van der Waals surface area (Å²) in [5.74, 6) is 0.472. The summed E-state index contributed by atoms with van der Waals surface area (Å²) in [7, 11) is 4.62. The SMILES string of the molecule is CCN(Cc1cccc(OC)c1OC)C(=O)CN1C(=O)CN(C)C1=O. The standard InChI is InChI=1S/C17H23N3O5/c1-5-19(9-12-7-6-8-13(24-3)16(12)25-4)14(21)11-20-15(22)10-18(2)17(20)23/h6-8H,5,9-11H2,1-4H3. The smallest absolute Gasteiger partial charge is 0.327 e. The van der Waals surface area contributed by atoms with E-state index in [0.29, 0.717) is 24.6 Å². The van der Waals surface area contributed by atoms with Crippen molar-refractivity contribution < 1.29 is 23.9 Å². The van der Waals surface area contributed by atoms with Crippen LogP contribution in [0.15, 0.2) is 18.2 Å². The number of para-hydroxylation sites is 1. The Kier molecular flexibility index (Phi) is 5.84. The maximum atomic E-state index is 12.6. The van der Waals surface area contributed by atoms with Crippen LogP contribution >= 0.6 is 0 Å². The predicted molar refractivity (Wildman–Crippen MR) is 90.4 cm³/mol. The molecule has 136 valence electrons. The van der Waals surface area contributed by atoms with Gasteiger partial charge < -0.3 is 19.3 Å². The van der Waals surface area contributed by atoms with Crippen LogP contribution in [0.1, 0.15) is 12.5 Å². The maximum Gasteiger partial charge on any atom is 0.327 e. The molecule has 1 fully saturated rings. The zero-order valence-electron chi connectivity index (χ0n) is 14.9. The van der Waals surface area contributed by atoms with Crippen LogP contribution in [0, 0.1) is 0 Å². The molecule has 0 bridgehead atoms. The van der Waals surface area contributed by atoms with Gasteiger partial charge in [-0.15, -0.1) is 0 Å². The van der Waals surface area contributed by atoms with E-state index in [-0.39, 0.29) is 24.9 Å². The van der Waals surface area contributed by atoms with Crippen LogP contribution in [-0.2, 0) is 16.1 Å². The van der Waals surface area contributed by atoms with Crippen molar-refractivity contribution in [3.8, 4) is 11.5 Å². The van der Waals surface area contributed by atoms with E-state index in [4.69, 9.17) is 9.47 Å². The minimum absolute atomic E-state index is 0.00193. The lowest BCUT2D eigenvalue weighted by molar-refractivity contribution is -0.136. The third kappa shape index (κ3) is 3.84. The minimum atomic E-state index is -0.451. The number of hydrogen-bond donors (Lipinski definition) is 0. The molecule has 25 heavy (non-hydrogen) atoms.